The Kier molecular flexibility index (Phi) is 4.95. The standard InChI is InChI=1S/C16H22F2N4O/c17-13-10-16(14(18)9-15(13)19)22-7-3-11(4-8-22)21-23-12-1-5-20-6-2-12/h9-10,12,20H,1-8,19H2. The van der Waals surface area contributed by atoms with E-state index in [0.717, 1.165) is 37.7 Å². The lowest BCUT2D eigenvalue weighted by Gasteiger charge is -2.30. The van der Waals surface area contributed by atoms with E-state index in [9.17, 15) is 8.78 Å². The van der Waals surface area contributed by atoms with Crippen molar-refractivity contribution >= 4 is 17.1 Å². The molecule has 2 aliphatic heterocycles. The molecule has 1 aromatic carbocycles. The Morgan fingerprint density at radius 2 is 1.83 bits per heavy atom. The summed E-state index contributed by atoms with van der Waals surface area (Å²) < 4.78 is 27.5. The zero-order valence-electron chi connectivity index (χ0n) is 13.0. The van der Waals surface area contributed by atoms with Crippen LogP contribution >= 0.6 is 0 Å². The molecule has 23 heavy (non-hydrogen) atoms. The Labute approximate surface area is 134 Å². The topological polar surface area (TPSA) is 62.9 Å². The third kappa shape index (κ3) is 3.90. The number of oxime groups is 1. The second kappa shape index (κ2) is 7.12. The fraction of sp³-hybridized carbons (Fsp3) is 0.562. The van der Waals surface area contributed by atoms with Crippen LogP contribution in [0.1, 0.15) is 25.7 Å². The SMILES string of the molecule is Nc1cc(F)c(N2CCC(=NOC3CCNCC3)CC2)cc1F. The first-order chi connectivity index (χ1) is 11.1. The molecule has 0 atom stereocenters. The second-order valence-corrected chi connectivity index (χ2v) is 6.02. The molecule has 5 nitrogen and oxygen atoms in total. The highest BCUT2D eigenvalue weighted by molar-refractivity contribution is 5.86. The van der Waals surface area contributed by atoms with E-state index in [2.05, 4.69) is 10.5 Å². The molecule has 0 saturated carbocycles. The molecule has 126 valence electrons. The number of benzene rings is 1. The minimum Gasteiger partial charge on any atom is -0.396 e. The molecule has 0 amide bonds. The van der Waals surface area contributed by atoms with Crippen LogP contribution in [0.4, 0.5) is 20.2 Å². The molecule has 7 heteroatoms. The van der Waals surface area contributed by atoms with E-state index in [0.29, 0.717) is 25.9 Å². The number of nitrogens with two attached hydrogens (primary N) is 1. The zero-order valence-corrected chi connectivity index (χ0v) is 13.0. The van der Waals surface area contributed by atoms with Crippen molar-refractivity contribution in [1.82, 2.24) is 5.32 Å². The summed E-state index contributed by atoms with van der Waals surface area (Å²) in [6.07, 6.45) is 3.51. The van der Waals surface area contributed by atoms with Crippen LogP contribution < -0.4 is 16.0 Å². The molecule has 0 spiro atoms. The van der Waals surface area contributed by atoms with Crippen molar-refractivity contribution in [3.63, 3.8) is 0 Å². The van der Waals surface area contributed by atoms with Gasteiger partial charge in [0.2, 0.25) is 0 Å². The summed E-state index contributed by atoms with van der Waals surface area (Å²) >= 11 is 0. The molecular weight excluding hydrogens is 302 g/mol. The Bertz CT molecular complexity index is 578. The predicted octanol–water partition coefficient (Wildman–Crippen LogP) is 2.27. The van der Waals surface area contributed by atoms with E-state index in [-0.39, 0.29) is 17.5 Å². The lowest BCUT2D eigenvalue weighted by Crippen LogP contribution is -2.35. The van der Waals surface area contributed by atoms with E-state index in [1.807, 2.05) is 4.90 Å². The summed E-state index contributed by atoms with van der Waals surface area (Å²) in [5, 5.41) is 7.54. The van der Waals surface area contributed by atoms with Crippen LogP contribution in [0, 0.1) is 11.6 Å². The van der Waals surface area contributed by atoms with Gasteiger partial charge in [-0.05, 0) is 25.9 Å². The Balaban J connectivity index is 1.56. The number of nitrogen functional groups attached to an aromatic ring is 1. The monoisotopic (exact) mass is 324 g/mol. The number of nitrogens with zero attached hydrogens (tertiary/aromatic N) is 2. The van der Waals surface area contributed by atoms with Crippen molar-refractivity contribution in [1.29, 1.82) is 0 Å². The van der Waals surface area contributed by atoms with Crippen molar-refractivity contribution in [2.24, 2.45) is 5.16 Å². The maximum Gasteiger partial charge on any atom is 0.148 e. The van der Waals surface area contributed by atoms with E-state index in [1.54, 1.807) is 0 Å². The molecule has 2 aliphatic rings. The Hall–Kier alpha value is -1.89. The molecule has 1 aromatic rings. The molecule has 2 heterocycles. The van der Waals surface area contributed by atoms with Gasteiger partial charge in [0, 0.05) is 38.1 Å². The highest BCUT2D eigenvalue weighted by Crippen LogP contribution is 2.26. The Morgan fingerprint density at radius 3 is 2.52 bits per heavy atom. The fourth-order valence-electron chi connectivity index (χ4n) is 2.94. The van der Waals surface area contributed by atoms with Crippen LogP contribution in [-0.2, 0) is 4.84 Å². The van der Waals surface area contributed by atoms with Crippen LogP contribution in [0.15, 0.2) is 17.3 Å². The minimum atomic E-state index is -0.588. The average molecular weight is 324 g/mol. The molecule has 0 bridgehead atoms. The minimum absolute atomic E-state index is 0.166. The van der Waals surface area contributed by atoms with E-state index in [1.165, 1.54) is 6.07 Å². The molecule has 0 aliphatic carbocycles. The molecule has 2 saturated heterocycles. The maximum atomic E-state index is 14.0. The molecule has 2 fully saturated rings. The van der Waals surface area contributed by atoms with Crippen LogP contribution in [0.3, 0.4) is 0 Å². The van der Waals surface area contributed by atoms with Crippen LogP contribution in [0.2, 0.25) is 0 Å². The Morgan fingerprint density at radius 1 is 1.13 bits per heavy atom. The number of anilines is 2. The number of hydrogen-bond donors (Lipinski definition) is 2. The van der Waals surface area contributed by atoms with Gasteiger partial charge in [-0.3, -0.25) is 0 Å². The van der Waals surface area contributed by atoms with Gasteiger partial charge in [-0.25, -0.2) is 8.78 Å². The maximum absolute atomic E-state index is 14.0. The van der Waals surface area contributed by atoms with Crippen LogP contribution in [0.5, 0.6) is 0 Å². The summed E-state index contributed by atoms with van der Waals surface area (Å²) in [5.41, 5.74) is 6.45. The van der Waals surface area contributed by atoms with Gasteiger partial charge in [0.05, 0.1) is 17.1 Å². The first-order valence-corrected chi connectivity index (χ1v) is 8.05. The summed E-state index contributed by atoms with van der Waals surface area (Å²) in [6, 6.07) is 2.20. The van der Waals surface area contributed by atoms with E-state index < -0.39 is 11.6 Å². The third-order valence-electron chi connectivity index (χ3n) is 4.36. The summed E-state index contributed by atoms with van der Waals surface area (Å²) in [7, 11) is 0. The highest BCUT2D eigenvalue weighted by atomic mass is 19.1. The molecule has 3 N–H and O–H groups in total. The van der Waals surface area contributed by atoms with E-state index in [4.69, 9.17) is 10.6 Å². The molecule has 0 unspecified atom stereocenters. The van der Waals surface area contributed by atoms with Gasteiger partial charge in [0.25, 0.3) is 0 Å². The highest BCUT2D eigenvalue weighted by Gasteiger charge is 2.21. The zero-order chi connectivity index (χ0) is 16.2. The van der Waals surface area contributed by atoms with Gasteiger partial charge in [0.1, 0.15) is 17.7 Å². The van der Waals surface area contributed by atoms with Crippen LogP contribution in [-0.4, -0.2) is 38.0 Å². The summed E-state index contributed by atoms with van der Waals surface area (Å²) in [4.78, 5) is 7.42. The van der Waals surface area contributed by atoms with Gasteiger partial charge < -0.3 is 20.8 Å². The molecule has 3 rings (SSSR count). The summed E-state index contributed by atoms with van der Waals surface area (Å²) in [6.45, 7) is 3.11. The van der Waals surface area contributed by atoms with Gasteiger partial charge in [-0.15, -0.1) is 0 Å². The van der Waals surface area contributed by atoms with Gasteiger partial charge in [0.15, 0.2) is 0 Å². The average Bonchev–Trinajstić information content (AvgIpc) is 2.58. The normalized spacial score (nSPS) is 19.7. The number of hydrogen-bond acceptors (Lipinski definition) is 5. The molecular formula is C16H22F2N4O. The molecule has 0 radical (unpaired) electrons. The van der Waals surface area contributed by atoms with Crippen molar-refractivity contribution in [2.75, 3.05) is 36.8 Å². The first-order valence-electron chi connectivity index (χ1n) is 8.05. The number of nitrogens with one attached hydrogen (secondary N) is 1. The quantitative estimate of drug-likeness (QED) is 0.661. The fourth-order valence-corrected chi connectivity index (χ4v) is 2.94. The molecule has 0 aromatic heterocycles. The lowest BCUT2D eigenvalue weighted by atomic mass is 10.1. The van der Waals surface area contributed by atoms with Crippen molar-refractivity contribution in [3.05, 3.63) is 23.8 Å². The third-order valence-corrected chi connectivity index (χ3v) is 4.36. The smallest absolute Gasteiger partial charge is 0.148 e. The summed E-state index contributed by atoms with van der Waals surface area (Å²) in [5.74, 6) is -1.08. The van der Waals surface area contributed by atoms with Gasteiger partial charge >= 0.3 is 0 Å². The second-order valence-electron chi connectivity index (χ2n) is 6.02. The van der Waals surface area contributed by atoms with Gasteiger partial charge in [-0.1, -0.05) is 5.16 Å². The first kappa shape index (κ1) is 16.0. The van der Waals surface area contributed by atoms with Crippen molar-refractivity contribution in [3.8, 4) is 0 Å². The number of rotatable bonds is 3. The lowest BCUT2D eigenvalue weighted by molar-refractivity contribution is 0.0368. The number of halogens is 2. The predicted molar refractivity (Wildman–Crippen MR) is 86.6 cm³/mol. The largest absolute Gasteiger partial charge is 0.396 e. The van der Waals surface area contributed by atoms with E-state index >= 15 is 0 Å². The van der Waals surface area contributed by atoms with Gasteiger partial charge in [-0.2, -0.15) is 0 Å². The van der Waals surface area contributed by atoms with Crippen LogP contribution in [0.25, 0.3) is 0 Å². The van der Waals surface area contributed by atoms with Crippen molar-refractivity contribution in [2.45, 2.75) is 31.8 Å². The van der Waals surface area contributed by atoms with Crippen molar-refractivity contribution < 1.29 is 13.6 Å². The number of piperidine rings is 2.